The van der Waals surface area contributed by atoms with E-state index in [1.54, 1.807) is 12.1 Å². The lowest BCUT2D eigenvalue weighted by molar-refractivity contribution is -0.00537. The first-order valence-corrected chi connectivity index (χ1v) is 11.1. The summed E-state index contributed by atoms with van der Waals surface area (Å²) >= 11 is 0. The number of fused-ring (bicyclic) bond motifs is 1. The van der Waals surface area contributed by atoms with E-state index < -0.39 is 0 Å². The molecule has 2 atom stereocenters. The summed E-state index contributed by atoms with van der Waals surface area (Å²) in [6, 6.07) is 7.10. The lowest BCUT2D eigenvalue weighted by atomic mass is 10.0. The highest BCUT2D eigenvalue weighted by atomic mass is 16.5. The number of phenols is 1. The van der Waals surface area contributed by atoms with Gasteiger partial charge in [-0.2, -0.15) is 0 Å². The average molecular weight is 424 g/mol. The maximum absolute atomic E-state index is 9.99. The monoisotopic (exact) mass is 423 g/mol. The molecule has 2 aliphatic rings. The van der Waals surface area contributed by atoms with Gasteiger partial charge >= 0.3 is 0 Å². The van der Waals surface area contributed by atoms with Crippen molar-refractivity contribution < 1.29 is 14.6 Å². The molecule has 0 bridgehead atoms. The fraction of sp³-hybridized carbons (Fsp3) is 0.522. The fourth-order valence-corrected chi connectivity index (χ4v) is 4.62. The Hall–Kier alpha value is -2.71. The largest absolute Gasteiger partial charge is 0.508 e. The summed E-state index contributed by atoms with van der Waals surface area (Å²) in [5.41, 5.74) is 2.44. The highest BCUT2D eigenvalue weighted by molar-refractivity contribution is 5.86. The van der Waals surface area contributed by atoms with Crippen molar-refractivity contribution in [2.75, 3.05) is 31.2 Å². The minimum atomic E-state index is 0.113. The normalized spacial score (nSPS) is 22.8. The number of aromatic hydroxyl groups is 1. The van der Waals surface area contributed by atoms with Gasteiger partial charge in [0.25, 0.3) is 0 Å². The number of rotatable bonds is 4. The summed E-state index contributed by atoms with van der Waals surface area (Å²) < 4.78 is 13.6. The standard InChI is InChI=1S/C23H29N5O3/c1-15-11-27(12-16(2)31-15)22-20-23(26-21(25-22)18-4-3-5-19(29)10-18)28(14-24-20)13-17-6-8-30-9-7-17/h3-5,10,14-17,29H,6-9,11-13H2,1-2H3/t15-,16+. The predicted molar refractivity (Wildman–Crippen MR) is 118 cm³/mol. The van der Waals surface area contributed by atoms with Gasteiger partial charge in [0, 0.05) is 38.4 Å². The molecule has 0 amide bonds. The third kappa shape index (κ3) is 4.22. The molecule has 0 spiro atoms. The average Bonchev–Trinajstić information content (AvgIpc) is 3.16. The van der Waals surface area contributed by atoms with E-state index >= 15 is 0 Å². The molecule has 164 valence electrons. The number of benzene rings is 1. The third-order valence-corrected chi connectivity index (χ3v) is 6.06. The maximum Gasteiger partial charge on any atom is 0.166 e. The first-order chi connectivity index (χ1) is 15.1. The molecule has 0 saturated carbocycles. The Labute approximate surface area is 181 Å². The van der Waals surface area contributed by atoms with Gasteiger partial charge in [0.2, 0.25) is 0 Å². The Morgan fingerprint density at radius 3 is 2.61 bits per heavy atom. The third-order valence-electron chi connectivity index (χ3n) is 6.06. The second-order valence-electron chi connectivity index (χ2n) is 8.71. The number of anilines is 1. The van der Waals surface area contributed by atoms with Crippen molar-refractivity contribution in [3.63, 3.8) is 0 Å². The number of ether oxygens (including phenoxy) is 2. The molecule has 8 heteroatoms. The van der Waals surface area contributed by atoms with Crippen molar-refractivity contribution in [1.29, 1.82) is 0 Å². The van der Waals surface area contributed by atoms with E-state index in [0.29, 0.717) is 11.7 Å². The zero-order chi connectivity index (χ0) is 21.4. The molecule has 1 aromatic carbocycles. The number of hydrogen-bond acceptors (Lipinski definition) is 7. The lowest BCUT2D eigenvalue weighted by Gasteiger charge is -2.36. The number of hydrogen-bond donors (Lipinski definition) is 1. The lowest BCUT2D eigenvalue weighted by Crippen LogP contribution is -2.46. The minimum Gasteiger partial charge on any atom is -0.508 e. The number of imidazole rings is 1. The molecular formula is C23H29N5O3. The Kier molecular flexibility index (Phi) is 5.50. The molecule has 31 heavy (non-hydrogen) atoms. The molecule has 2 aliphatic heterocycles. The summed E-state index contributed by atoms with van der Waals surface area (Å²) in [7, 11) is 0. The topological polar surface area (TPSA) is 85.5 Å². The molecule has 2 aromatic heterocycles. The zero-order valence-corrected chi connectivity index (χ0v) is 18.1. The van der Waals surface area contributed by atoms with E-state index in [0.717, 1.165) is 68.2 Å². The van der Waals surface area contributed by atoms with Crippen LogP contribution in [0.3, 0.4) is 0 Å². The van der Waals surface area contributed by atoms with Crippen LogP contribution in [0.25, 0.3) is 22.6 Å². The van der Waals surface area contributed by atoms with Crippen LogP contribution in [0.2, 0.25) is 0 Å². The molecule has 0 radical (unpaired) electrons. The van der Waals surface area contributed by atoms with Crippen molar-refractivity contribution in [3.8, 4) is 17.1 Å². The second-order valence-corrected chi connectivity index (χ2v) is 8.71. The van der Waals surface area contributed by atoms with Gasteiger partial charge in [-0.1, -0.05) is 12.1 Å². The van der Waals surface area contributed by atoms with Gasteiger partial charge in [-0.05, 0) is 44.7 Å². The summed E-state index contributed by atoms with van der Waals surface area (Å²) in [6.07, 6.45) is 4.22. The minimum absolute atomic E-state index is 0.113. The smallest absolute Gasteiger partial charge is 0.166 e. The molecule has 4 heterocycles. The fourth-order valence-electron chi connectivity index (χ4n) is 4.62. The highest BCUT2D eigenvalue weighted by Crippen LogP contribution is 2.30. The number of morpholine rings is 1. The molecule has 5 rings (SSSR count). The van der Waals surface area contributed by atoms with Gasteiger partial charge in [0.05, 0.1) is 18.5 Å². The molecule has 2 fully saturated rings. The SMILES string of the molecule is C[C@@H]1CN(c2nc(-c3cccc(O)c3)nc3c2ncn3CC2CCOCC2)C[C@H](C)O1. The van der Waals surface area contributed by atoms with Crippen LogP contribution in [-0.2, 0) is 16.0 Å². The van der Waals surface area contributed by atoms with Crippen LogP contribution in [0.4, 0.5) is 5.82 Å². The van der Waals surface area contributed by atoms with E-state index in [-0.39, 0.29) is 18.0 Å². The molecule has 3 aromatic rings. The highest BCUT2D eigenvalue weighted by Gasteiger charge is 2.27. The van der Waals surface area contributed by atoms with Gasteiger partial charge < -0.3 is 24.0 Å². The Morgan fingerprint density at radius 1 is 1.10 bits per heavy atom. The van der Waals surface area contributed by atoms with Crippen LogP contribution in [0.1, 0.15) is 26.7 Å². The quantitative estimate of drug-likeness (QED) is 0.689. The summed E-state index contributed by atoms with van der Waals surface area (Å²) in [5.74, 6) is 2.18. The first-order valence-electron chi connectivity index (χ1n) is 11.1. The van der Waals surface area contributed by atoms with Crippen LogP contribution in [0, 0.1) is 5.92 Å². The second kappa shape index (κ2) is 8.43. The molecule has 2 saturated heterocycles. The van der Waals surface area contributed by atoms with Crippen LogP contribution in [0.5, 0.6) is 5.75 Å². The summed E-state index contributed by atoms with van der Waals surface area (Å²) in [6.45, 7) is 8.17. The van der Waals surface area contributed by atoms with Gasteiger partial charge in [0.15, 0.2) is 22.8 Å². The van der Waals surface area contributed by atoms with Crippen molar-refractivity contribution in [2.24, 2.45) is 5.92 Å². The Balaban J connectivity index is 1.60. The molecular weight excluding hydrogens is 394 g/mol. The first kappa shape index (κ1) is 20.2. The number of nitrogens with zero attached hydrogens (tertiary/aromatic N) is 5. The number of phenolic OH excluding ortho intramolecular Hbond substituents is 1. The van der Waals surface area contributed by atoms with E-state index in [1.165, 1.54) is 0 Å². The van der Waals surface area contributed by atoms with Crippen LogP contribution >= 0.6 is 0 Å². The predicted octanol–water partition coefficient (Wildman–Crippen LogP) is 3.24. The van der Waals surface area contributed by atoms with Crippen LogP contribution in [0.15, 0.2) is 30.6 Å². The summed E-state index contributed by atoms with van der Waals surface area (Å²) in [5, 5.41) is 9.99. The molecule has 1 N–H and O–H groups in total. The van der Waals surface area contributed by atoms with Gasteiger partial charge in [0.1, 0.15) is 5.75 Å². The Morgan fingerprint density at radius 2 is 1.87 bits per heavy atom. The maximum atomic E-state index is 9.99. The van der Waals surface area contributed by atoms with Crippen molar-refractivity contribution in [3.05, 3.63) is 30.6 Å². The van der Waals surface area contributed by atoms with E-state index in [1.807, 2.05) is 18.5 Å². The van der Waals surface area contributed by atoms with Crippen LogP contribution < -0.4 is 4.90 Å². The molecule has 8 nitrogen and oxygen atoms in total. The number of aromatic nitrogens is 4. The van der Waals surface area contributed by atoms with Gasteiger partial charge in [-0.25, -0.2) is 15.0 Å². The van der Waals surface area contributed by atoms with Crippen LogP contribution in [-0.4, -0.2) is 63.1 Å². The van der Waals surface area contributed by atoms with E-state index in [9.17, 15) is 5.11 Å². The molecule has 0 unspecified atom stereocenters. The van der Waals surface area contributed by atoms with Gasteiger partial charge in [-0.3, -0.25) is 0 Å². The van der Waals surface area contributed by atoms with Crippen molar-refractivity contribution >= 4 is 17.0 Å². The van der Waals surface area contributed by atoms with E-state index in [2.05, 4.69) is 23.3 Å². The van der Waals surface area contributed by atoms with Crippen molar-refractivity contribution in [2.45, 2.75) is 45.4 Å². The van der Waals surface area contributed by atoms with E-state index in [4.69, 9.17) is 24.4 Å². The Bertz CT molecular complexity index is 1050. The zero-order valence-electron chi connectivity index (χ0n) is 18.1. The van der Waals surface area contributed by atoms with Gasteiger partial charge in [-0.15, -0.1) is 0 Å². The van der Waals surface area contributed by atoms with Crippen molar-refractivity contribution in [1.82, 2.24) is 19.5 Å². The molecule has 0 aliphatic carbocycles. The summed E-state index contributed by atoms with van der Waals surface area (Å²) in [4.78, 5) is 16.8.